The lowest BCUT2D eigenvalue weighted by atomic mass is 10.1. The maximum atomic E-state index is 11.9. The summed E-state index contributed by atoms with van der Waals surface area (Å²) < 4.78 is 1.99. The molecule has 19 heavy (non-hydrogen) atoms. The van der Waals surface area contributed by atoms with Gasteiger partial charge in [-0.15, -0.1) is 0 Å². The molecule has 1 N–H and O–H groups in total. The standard InChI is InChI=1S/C16H22N2O/c1-12-9-13(12)5-3-2-4-6-14-11-18-8-7-17-16(18)10-15(14)19/h7-8,10-13,17H,2-6,9H2,1H3/t12?,13-/m1/s1. The van der Waals surface area contributed by atoms with Crippen LogP contribution in [0.5, 0.6) is 0 Å². The Kier molecular flexibility index (Phi) is 3.45. The Morgan fingerprint density at radius 2 is 2.21 bits per heavy atom. The number of imidazole rings is 1. The lowest BCUT2D eigenvalue weighted by Gasteiger charge is -2.02. The number of H-pyrrole nitrogens is 1. The first-order valence-corrected chi connectivity index (χ1v) is 7.42. The molecule has 1 fully saturated rings. The highest BCUT2D eigenvalue weighted by atomic mass is 16.1. The number of aromatic amines is 1. The maximum Gasteiger partial charge on any atom is 0.186 e. The van der Waals surface area contributed by atoms with E-state index in [2.05, 4.69) is 11.9 Å². The Bertz CT molecular complexity index is 610. The molecule has 2 aromatic rings. The Morgan fingerprint density at radius 3 is 3.00 bits per heavy atom. The van der Waals surface area contributed by atoms with Gasteiger partial charge in [0.15, 0.2) is 5.43 Å². The molecule has 0 spiro atoms. The molecule has 0 aliphatic heterocycles. The number of aryl methyl sites for hydroxylation is 1. The largest absolute Gasteiger partial charge is 0.346 e. The van der Waals surface area contributed by atoms with Crippen molar-refractivity contribution < 1.29 is 0 Å². The molecule has 2 aromatic heterocycles. The molecule has 2 heterocycles. The van der Waals surface area contributed by atoms with Crippen LogP contribution in [-0.4, -0.2) is 9.38 Å². The first-order chi connectivity index (χ1) is 9.24. The zero-order valence-corrected chi connectivity index (χ0v) is 11.6. The van der Waals surface area contributed by atoms with Crippen LogP contribution in [0.1, 0.15) is 44.6 Å². The van der Waals surface area contributed by atoms with Crippen molar-refractivity contribution in [3.05, 3.63) is 40.4 Å². The number of hydrogen-bond donors (Lipinski definition) is 1. The molecule has 0 bridgehead atoms. The quantitative estimate of drug-likeness (QED) is 0.792. The van der Waals surface area contributed by atoms with Crippen molar-refractivity contribution in [2.75, 3.05) is 0 Å². The van der Waals surface area contributed by atoms with Crippen molar-refractivity contribution in [3.8, 4) is 0 Å². The number of unbranched alkanes of at least 4 members (excludes halogenated alkanes) is 2. The van der Waals surface area contributed by atoms with Crippen molar-refractivity contribution in [3.63, 3.8) is 0 Å². The molecule has 1 unspecified atom stereocenters. The molecular weight excluding hydrogens is 236 g/mol. The number of fused-ring (bicyclic) bond motifs is 1. The number of rotatable bonds is 6. The van der Waals surface area contributed by atoms with Gasteiger partial charge in [0.05, 0.1) is 0 Å². The van der Waals surface area contributed by atoms with E-state index in [4.69, 9.17) is 0 Å². The third-order valence-corrected chi connectivity index (χ3v) is 4.42. The molecule has 2 atom stereocenters. The van der Waals surface area contributed by atoms with Gasteiger partial charge in [-0.25, -0.2) is 0 Å². The van der Waals surface area contributed by atoms with E-state index in [-0.39, 0.29) is 5.43 Å². The van der Waals surface area contributed by atoms with Crippen LogP contribution >= 0.6 is 0 Å². The second-order valence-corrected chi connectivity index (χ2v) is 5.99. The Balaban J connectivity index is 1.50. The van der Waals surface area contributed by atoms with Gasteiger partial charge >= 0.3 is 0 Å². The molecule has 0 radical (unpaired) electrons. The molecule has 0 saturated heterocycles. The van der Waals surface area contributed by atoms with Crippen LogP contribution in [0.25, 0.3) is 5.65 Å². The molecule has 3 nitrogen and oxygen atoms in total. The smallest absolute Gasteiger partial charge is 0.186 e. The van der Waals surface area contributed by atoms with E-state index in [9.17, 15) is 4.79 Å². The monoisotopic (exact) mass is 258 g/mol. The fraction of sp³-hybridized carbons (Fsp3) is 0.562. The molecule has 1 aliphatic carbocycles. The van der Waals surface area contributed by atoms with Crippen molar-refractivity contribution in [2.45, 2.75) is 45.4 Å². The van der Waals surface area contributed by atoms with Gasteiger partial charge in [0.2, 0.25) is 0 Å². The number of pyridine rings is 1. The number of nitrogens with zero attached hydrogens (tertiary/aromatic N) is 1. The van der Waals surface area contributed by atoms with E-state index in [1.165, 1.54) is 25.7 Å². The van der Waals surface area contributed by atoms with E-state index < -0.39 is 0 Å². The number of aromatic nitrogens is 2. The summed E-state index contributed by atoms with van der Waals surface area (Å²) in [6.45, 7) is 2.34. The van der Waals surface area contributed by atoms with Crippen molar-refractivity contribution in [1.82, 2.24) is 9.38 Å². The predicted molar refractivity (Wildman–Crippen MR) is 77.5 cm³/mol. The molecular formula is C16H22N2O. The fourth-order valence-electron chi connectivity index (χ4n) is 2.92. The molecule has 1 saturated carbocycles. The van der Waals surface area contributed by atoms with Crippen LogP contribution in [-0.2, 0) is 6.42 Å². The minimum Gasteiger partial charge on any atom is -0.346 e. The van der Waals surface area contributed by atoms with Crippen molar-refractivity contribution in [2.24, 2.45) is 11.8 Å². The summed E-state index contributed by atoms with van der Waals surface area (Å²) in [5.41, 5.74) is 1.98. The van der Waals surface area contributed by atoms with Crippen molar-refractivity contribution >= 4 is 5.65 Å². The van der Waals surface area contributed by atoms with E-state index >= 15 is 0 Å². The second-order valence-electron chi connectivity index (χ2n) is 5.99. The van der Waals surface area contributed by atoms with E-state index in [0.717, 1.165) is 35.9 Å². The summed E-state index contributed by atoms with van der Waals surface area (Å²) in [6.07, 6.45) is 13.2. The highest BCUT2D eigenvalue weighted by Gasteiger charge is 2.31. The second kappa shape index (κ2) is 5.24. The van der Waals surface area contributed by atoms with E-state index in [1.807, 2.05) is 23.0 Å². The fourth-order valence-corrected chi connectivity index (χ4v) is 2.92. The minimum absolute atomic E-state index is 0.165. The van der Waals surface area contributed by atoms with Gasteiger partial charge in [0.25, 0.3) is 0 Å². The van der Waals surface area contributed by atoms with Crippen LogP contribution in [0.4, 0.5) is 0 Å². The van der Waals surface area contributed by atoms with Crippen LogP contribution in [0, 0.1) is 11.8 Å². The van der Waals surface area contributed by atoms with E-state index in [1.54, 1.807) is 6.07 Å². The summed E-state index contributed by atoms with van der Waals surface area (Å²) in [4.78, 5) is 15.0. The maximum absolute atomic E-state index is 11.9. The third-order valence-electron chi connectivity index (χ3n) is 4.42. The summed E-state index contributed by atoms with van der Waals surface area (Å²) in [7, 11) is 0. The van der Waals surface area contributed by atoms with Gasteiger partial charge in [-0.1, -0.05) is 26.2 Å². The Hall–Kier alpha value is -1.51. The van der Waals surface area contributed by atoms with Gasteiger partial charge in [0, 0.05) is 30.2 Å². The first-order valence-electron chi connectivity index (χ1n) is 7.42. The van der Waals surface area contributed by atoms with Crippen LogP contribution in [0.2, 0.25) is 0 Å². The SMILES string of the molecule is CC1C[C@H]1CCCCCc1cn2cc[nH]c2cc1=O. The van der Waals surface area contributed by atoms with Gasteiger partial charge in [-0.2, -0.15) is 0 Å². The van der Waals surface area contributed by atoms with Crippen LogP contribution in [0.3, 0.4) is 0 Å². The average Bonchev–Trinajstić information content (AvgIpc) is 2.90. The molecule has 0 aromatic carbocycles. The summed E-state index contributed by atoms with van der Waals surface area (Å²) >= 11 is 0. The Morgan fingerprint density at radius 1 is 1.37 bits per heavy atom. The third kappa shape index (κ3) is 2.91. The molecule has 0 amide bonds. The minimum atomic E-state index is 0.165. The van der Waals surface area contributed by atoms with E-state index in [0.29, 0.717) is 0 Å². The van der Waals surface area contributed by atoms with Gasteiger partial charge in [0.1, 0.15) is 5.65 Å². The van der Waals surface area contributed by atoms with Gasteiger partial charge in [-0.05, 0) is 31.1 Å². The summed E-state index contributed by atoms with van der Waals surface area (Å²) in [5.74, 6) is 1.97. The first kappa shape index (κ1) is 12.5. The summed E-state index contributed by atoms with van der Waals surface area (Å²) in [5, 5.41) is 0. The highest BCUT2D eigenvalue weighted by Crippen LogP contribution is 2.41. The molecule has 1 aliphatic rings. The van der Waals surface area contributed by atoms with Crippen LogP contribution in [0.15, 0.2) is 29.5 Å². The highest BCUT2D eigenvalue weighted by molar-refractivity contribution is 5.39. The molecule has 3 heteroatoms. The number of hydrogen-bond acceptors (Lipinski definition) is 1. The van der Waals surface area contributed by atoms with Crippen LogP contribution < -0.4 is 5.43 Å². The van der Waals surface area contributed by atoms with Gasteiger partial charge < -0.3 is 9.38 Å². The predicted octanol–water partition coefficient (Wildman–Crippen LogP) is 3.39. The Labute approximate surface area is 113 Å². The molecule has 3 rings (SSSR count). The van der Waals surface area contributed by atoms with Gasteiger partial charge in [-0.3, -0.25) is 4.79 Å². The lowest BCUT2D eigenvalue weighted by Crippen LogP contribution is -2.09. The zero-order valence-electron chi connectivity index (χ0n) is 11.6. The molecule has 102 valence electrons. The summed E-state index contributed by atoms with van der Waals surface area (Å²) in [6, 6.07) is 1.70. The number of nitrogens with one attached hydrogen (secondary N) is 1. The average molecular weight is 258 g/mol. The zero-order chi connectivity index (χ0) is 13.2. The topological polar surface area (TPSA) is 37.3 Å². The lowest BCUT2D eigenvalue weighted by molar-refractivity contribution is 0.581. The normalized spacial score (nSPS) is 21.9. The van der Waals surface area contributed by atoms with Crippen molar-refractivity contribution in [1.29, 1.82) is 0 Å².